The average molecular weight is 363 g/mol. The number of nitrogens with two attached hydrogens (primary N) is 1. The van der Waals surface area contributed by atoms with E-state index in [0.29, 0.717) is 19.3 Å². The predicted molar refractivity (Wildman–Crippen MR) is 84.7 cm³/mol. The summed E-state index contributed by atoms with van der Waals surface area (Å²) in [6, 6.07) is -0.662. The monoisotopic (exact) mass is 363 g/mol. The van der Waals surface area contributed by atoms with Crippen LogP contribution in [0.25, 0.3) is 0 Å². The molecule has 0 bridgehead atoms. The van der Waals surface area contributed by atoms with Crippen LogP contribution >= 0.6 is 11.3 Å². The Morgan fingerprint density at radius 1 is 1.58 bits per heavy atom. The molecule has 0 radical (unpaired) electrons. The Morgan fingerprint density at radius 2 is 2.33 bits per heavy atom. The molecule has 1 aromatic rings. The number of nitrogens with zero attached hydrogens (tertiary/aromatic N) is 1. The van der Waals surface area contributed by atoms with E-state index in [1.165, 1.54) is 16.8 Å². The van der Waals surface area contributed by atoms with E-state index < -0.39 is 42.2 Å². The zero-order valence-electron chi connectivity index (χ0n) is 13.2. The van der Waals surface area contributed by atoms with Crippen LogP contribution in [0.4, 0.5) is 8.78 Å². The molecule has 9 heteroatoms. The lowest BCUT2D eigenvalue weighted by molar-refractivity contribution is -0.140. The Morgan fingerprint density at radius 3 is 2.92 bits per heavy atom. The highest BCUT2D eigenvalue weighted by atomic mass is 32.1. The lowest BCUT2D eigenvalue weighted by Gasteiger charge is -2.34. The third-order valence-corrected chi connectivity index (χ3v) is 5.25. The molecule has 0 aliphatic heterocycles. The SMILES string of the molecule is NC(Cc1cscn1)C(O)CC(C(=O)NO)C1CCCC(F)(F)C1. The van der Waals surface area contributed by atoms with Crippen LogP contribution in [0, 0.1) is 11.8 Å². The van der Waals surface area contributed by atoms with Gasteiger partial charge < -0.3 is 10.8 Å². The van der Waals surface area contributed by atoms with Crippen LogP contribution in [-0.4, -0.2) is 39.3 Å². The van der Waals surface area contributed by atoms with E-state index in [1.54, 1.807) is 5.51 Å². The molecule has 6 nitrogen and oxygen atoms in total. The van der Waals surface area contributed by atoms with Crippen molar-refractivity contribution in [2.75, 3.05) is 0 Å². The molecule has 0 spiro atoms. The summed E-state index contributed by atoms with van der Waals surface area (Å²) in [5, 5.41) is 21.0. The summed E-state index contributed by atoms with van der Waals surface area (Å²) in [5.41, 5.74) is 9.87. The number of hydrogen-bond donors (Lipinski definition) is 4. The Bertz CT molecular complexity index is 530. The summed E-state index contributed by atoms with van der Waals surface area (Å²) < 4.78 is 27.3. The van der Waals surface area contributed by atoms with Gasteiger partial charge in [0.15, 0.2) is 0 Å². The number of halogens is 2. The molecule has 1 fully saturated rings. The maximum Gasteiger partial charge on any atom is 0.248 e. The molecular weight excluding hydrogens is 340 g/mol. The normalized spacial score (nSPS) is 24.1. The molecule has 0 saturated heterocycles. The number of aliphatic hydroxyl groups excluding tert-OH is 1. The second-order valence-electron chi connectivity index (χ2n) is 6.45. The van der Waals surface area contributed by atoms with E-state index in [9.17, 15) is 18.7 Å². The molecular formula is C15H23F2N3O3S. The summed E-state index contributed by atoms with van der Waals surface area (Å²) in [6.45, 7) is 0. The molecule has 136 valence electrons. The smallest absolute Gasteiger partial charge is 0.248 e. The first-order valence-corrected chi connectivity index (χ1v) is 8.89. The van der Waals surface area contributed by atoms with Crippen molar-refractivity contribution in [1.29, 1.82) is 0 Å². The van der Waals surface area contributed by atoms with Gasteiger partial charge in [-0.25, -0.2) is 19.2 Å². The summed E-state index contributed by atoms with van der Waals surface area (Å²) in [7, 11) is 0. The van der Waals surface area contributed by atoms with Crippen molar-refractivity contribution in [3.8, 4) is 0 Å². The number of amides is 1. The van der Waals surface area contributed by atoms with Crippen LogP contribution in [0.15, 0.2) is 10.9 Å². The largest absolute Gasteiger partial charge is 0.391 e. The minimum absolute atomic E-state index is 0.0710. The molecule has 1 aliphatic rings. The molecule has 1 amide bonds. The second-order valence-corrected chi connectivity index (χ2v) is 7.16. The number of carbonyl (C=O) groups is 1. The number of nitrogens with one attached hydrogen (secondary N) is 1. The van der Waals surface area contributed by atoms with Gasteiger partial charge in [0.1, 0.15) is 0 Å². The highest BCUT2D eigenvalue weighted by Crippen LogP contribution is 2.41. The van der Waals surface area contributed by atoms with Gasteiger partial charge in [-0.3, -0.25) is 10.0 Å². The fraction of sp³-hybridized carbons (Fsp3) is 0.733. The summed E-state index contributed by atoms with van der Waals surface area (Å²) in [5.74, 6) is -5.07. The number of rotatable bonds is 7. The maximum absolute atomic E-state index is 13.6. The summed E-state index contributed by atoms with van der Waals surface area (Å²) >= 11 is 1.41. The van der Waals surface area contributed by atoms with Gasteiger partial charge in [-0.1, -0.05) is 0 Å². The van der Waals surface area contributed by atoms with Gasteiger partial charge in [0.2, 0.25) is 11.8 Å². The number of alkyl halides is 2. The molecule has 1 aliphatic carbocycles. The van der Waals surface area contributed by atoms with Crippen molar-refractivity contribution in [2.24, 2.45) is 17.6 Å². The lowest BCUT2D eigenvalue weighted by Crippen LogP contribution is -2.44. The minimum atomic E-state index is -2.81. The Labute approximate surface area is 143 Å². The number of hydrogen-bond acceptors (Lipinski definition) is 6. The van der Waals surface area contributed by atoms with Crippen molar-refractivity contribution in [2.45, 2.75) is 56.6 Å². The van der Waals surface area contributed by atoms with Gasteiger partial charge in [0, 0.05) is 36.6 Å². The van der Waals surface area contributed by atoms with E-state index in [2.05, 4.69) is 4.98 Å². The van der Waals surface area contributed by atoms with E-state index in [1.807, 2.05) is 5.38 Å². The molecule has 2 rings (SSSR count). The summed E-state index contributed by atoms with van der Waals surface area (Å²) in [6.07, 6.45) is -0.626. The molecule has 24 heavy (non-hydrogen) atoms. The molecule has 4 atom stereocenters. The van der Waals surface area contributed by atoms with Gasteiger partial charge in [0.05, 0.1) is 17.3 Å². The molecule has 1 heterocycles. The van der Waals surface area contributed by atoms with Crippen LogP contribution in [0.5, 0.6) is 0 Å². The Hall–Kier alpha value is -1.16. The first-order valence-electron chi connectivity index (χ1n) is 7.95. The molecule has 4 unspecified atom stereocenters. The quantitative estimate of drug-likeness (QED) is 0.436. The van der Waals surface area contributed by atoms with Crippen molar-refractivity contribution in [3.63, 3.8) is 0 Å². The zero-order chi connectivity index (χ0) is 17.7. The Balaban J connectivity index is 2.01. The third-order valence-electron chi connectivity index (χ3n) is 4.61. The fourth-order valence-corrected chi connectivity index (χ4v) is 3.87. The molecule has 1 aromatic heterocycles. The molecule has 0 aromatic carbocycles. The lowest BCUT2D eigenvalue weighted by atomic mass is 9.75. The zero-order valence-corrected chi connectivity index (χ0v) is 14.0. The van der Waals surface area contributed by atoms with Gasteiger partial charge in [-0.2, -0.15) is 0 Å². The highest BCUT2D eigenvalue weighted by molar-refractivity contribution is 7.07. The first-order chi connectivity index (χ1) is 11.3. The number of aromatic nitrogens is 1. The standard InChI is InChI=1S/C15H23F2N3O3S/c16-15(17)3-1-2-9(6-15)11(14(22)20-23)5-13(21)12(18)4-10-7-24-8-19-10/h7-9,11-13,21,23H,1-6,18H2,(H,20,22). The predicted octanol–water partition coefficient (Wildman–Crippen LogP) is 1.71. The van der Waals surface area contributed by atoms with Crippen molar-refractivity contribution < 1.29 is 23.9 Å². The van der Waals surface area contributed by atoms with Crippen LogP contribution in [-0.2, 0) is 11.2 Å². The van der Waals surface area contributed by atoms with Gasteiger partial charge in [-0.15, -0.1) is 11.3 Å². The van der Waals surface area contributed by atoms with Gasteiger partial charge >= 0.3 is 0 Å². The number of carbonyl (C=O) groups excluding carboxylic acids is 1. The van der Waals surface area contributed by atoms with Gasteiger partial charge in [0.25, 0.3) is 0 Å². The van der Waals surface area contributed by atoms with Crippen LogP contribution in [0.2, 0.25) is 0 Å². The molecule has 5 N–H and O–H groups in total. The van der Waals surface area contributed by atoms with Crippen LogP contribution in [0.3, 0.4) is 0 Å². The van der Waals surface area contributed by atoms with E-state index in [-0.39, 0.29) is 12.8 Å². The minimum Gasteiger partial charge on any atom is -0.391 e. The maximum atomic E-state index is 13.6. The van der Waals surface area contributed by atoms with E-state index >= 15 is 0 Å². The highest BCUT2D eigenvalue weighted by Gasteiger charge is 2.42. The number of thiazole rings is 1. The average Bonchev–Trinajstić information content (AvgIpc) is 3.03. The van der Waals surface area contributed by atoms with Crippen molar-refractivity contribution >= 4 is 17.2 Å². The number of hydroxylamine groups is 1. The number of aliphatic hydroxyl groups is 1. The van der Waals surface area contributed by atoms with E-state index in [4.69, 9.17) is 10.9 Å². The van der Waals surface area contributed by atoms with Crippen molar-refractivity contribution in [3.05, 3.63) is 16.6 Å². The van der Waals surface area contributed by atoms with Crippen molar-refractivity contribution in [1.82, 2.24) is 10.5 Å². The van der Waals surface area contributed by atoms with Crippen LogP contribution < -0.4 is 11.2 Å². The second kappa shape index (κ2) is 8.28. The topological polar surface area (TPSA) is 108 Å². The fourth-order valence-electron chi connectivity index (χ4n) is 3.30. The van der Waals surface area contributed by atoms with E-state index in [0.717, 1.165) is 5.69 Å². The van der Waals surface area contributed by atoms with Crippen LogP contribution in [0.1, 0.15) is 37.8 Å². The summed E-state index contributed by atoms with van der Waals surface area (Å²) in [4.78, 5) is 16.0. The van der Waals surface area contributed by atoms with Gasteiger partial charge in [-0.05, 0) is 25.2 Å². The third kappa shape index (κ3) is 5.17. The Kier molecular flexibility index (Phi) is 6.62. The molecule has 1 saturated carbocycles. The first kappa shape index (κ1) is 19.2.